The molecule has 1 atom stereocenters. The molecule has 0 bridgehead atoms. The predicted molar refractivity (Wildman–Crippen MR) is 86.0 cm³/mol. The van der Waals surface area contributed by atoms with E-state index in [4.69, 9.17) is 16.3 Å². The molecule has 6 heteroatoms. The molecule has 5 nitrogen and oxygen atoms in total. The van der Waals surface area contributed by atoms with Gasteiger partial charge in [0.25, 0.3) is 0 Å². The SMILES string of the molecule is CCOc1c(Cl)cccc1NCC(=O)NC(C)(C#N)C1CC1. The van der Waals surface area contributed by atoms with E-state index in [1.165, 1.54) is 0 Å². The third-order valence-electron chi connectivity index (χ3n) is 3.72. The average Bonchev–Trinajstić information content (AvgIpc) is 3.33. The molecule has 2 rings (SSSR count). The van der Waals surface area contributed by atoms with Crippen molar-refractivity contribution in [2.45, 2.75) is 32.2 Å². The Morgan fingerprint density at radius 1 is 1.55 bits per heavy atom. The summed E-state index contributed by atoms with van der Waals surface area (Å²) in [6, 6.07) is 7.53. The second-order valence-electron chi connectivity index (χ2n) is 5.54. The largest absolute Gasteiger partial charge is 0.490 e. The maximum absolute atomic E-state index is 12.1. The number of hydrogen-bond donors (Lipinski definition) is 2. The zero-order valence-electron chi connectivity index (χ0n) is 12.8. The number of nitrogens with zero attached hydrogens (tertiary/aromatic N) is 1. The molecule has 0 spiro atoms. The van der Waals surface area contributed by atoms with Gasteiger partial charge in [0, 0.05) is 0 Å². The average molecular weight is 322 g/mol. The van der Waals surface area contributed by atoms with Gasteiger partial charge in [-0.05, 0) is 44.7 Å². The number of carbonyl (C=O) groups is 1. The van der Waals surface area contributed by atoms with Crippen molar-refractivity contribution < 1.29 is 9.53 Å². The molecule has 2 N–H and O–H groups in total. The number of para-hydroxylation sites is 1. The summed E-state index contributed by atoms with van der Waals surface area (Å²) in [5.74, 6) is 0.565. The van der Waals surface area contributed by atoms with Gasteiger partial charge in [-0.2, -0.15) is 5.26 Å². The van der Waals surface area contributed by atoms with E-state index >= 15 is 0 Å². The molecule has 1 unspecified atom stereocenters. The molecule has 0 saturated heterocycles. The molecule has 1 aliphatic rings. The molecule has 1 aliphatic carbocycles. The van der Waals surface area contributed by atoms with Crippen LogP contribution < -0.4 is 15.4 Å². The van der Waals surface area contributed by atoms with Crippen LogP contribution in [0.3, 0.4) is 0 Å². The second-order valence-corrected chi connectivity index (χ2v) is 5.95. The third kappa shape index (κ3) is 3.83. The zero-order chi connectivity index (χ0) is 16.2. The zero-order valence-corrected chi connectivity index (χ0v) is 13.5. The fourth-order valence-corrected chi connectivity index (χ4v) is 2.56. The minimum Gasteiger partial charge on any atom is -0.490 e. The molecular weight excluding hydrogens is 302 g/mol. The van der Waals surface area contributed by atoms with Crippen LogP contribution in [0.2, 0.25) is 5.02 Å². The minimum atomic E-state index is -0.782. The summed E-state index contributed by atoms with van der Waals surface area (Å²) in [4.78, 5) is 12.1. The highest BCUT2D eigenvalue weighted by atomic mass is 35.5. The van der Waals surface area contributed by atoms with Gasteiger partial charge in [0.05, 0.1) is 29.9 Å². The fourth-order valence-electron chi connectivity index (χ4n) is 2.33. The Morgan fingerprint density at radius 3 is 2.86 bits per heavy atom. The highest BCUT2D eigenvalue weighted by Gasteiger charge is 2.42. The van der Waals surface area contributed by atoms with Crippen molar-refractivity contribution in [3.8, 4) is 11.8 Å². The summed E-state index contributed by atoms with van der Waals surface area (Å²) in [5, 5.41) is 15.6. The van der Waals surface area contributed by atoms with E-state index in [1.807, 2.05) is 6.92 Å². The van der Waals surface area contributed by atoms with Crippen LogP contribution >= 0.6 is 11.6 Å². The van der Waals surface area contributed by atoms with Crippen molar-refractivity contribution in [1.29, 1.82) is 5.26 Å². The Balaban J connectivity index is 1.97. The van der Waals surface area contributed by atoms with Crippen LogP contribution in [0.1, 0.15) is 26.7 Å². The van der Waals surface area contributed by atoms with Crippen molar-refractivity contribution in [2.75, 3.05) is 18.5 Å². The van der Waals surface area contributed by atoms with E-state index in [9.17, 15) is 10.1 Å². The monoisotopic (exact) mass is 321 g/mol. The molecule has 1 fully saturated rings. The number of hydrogen-bond acceptors (Lipinski definition) is 4. The molecule has 1 aromatic carbocycles. The standard InChI is InChI=1S/C16H20ClN3O2/c1-3-22-15-12(17)5-4-6-13(15)19-9-14(21)20-16(2,10-18)11-7-8-11/h4-6,11,19H,3,7-9H2,1-2H3,(H,20,21). The van der Waals surface area contributed by atoms with Crippen molar-refractivity contribution in [2.24, 2.45) is 5.92 Å². The summed E-state index contributed by atoms with van der Waals surface area (Å²) in [5.41, 5.74) is -0.120. The van der Waals surface area contributed by atoms with Crippen molar-refractivity contribution >= 4 is 23.2 Å². The van der Waals surface area contributed by atoms with Crippen molar-refractivity contribution in [1.82, 2.24) is 5.32 Å². The van der Waals surface area contributed by atoms with Crippen LogP contribution in [-0.4, -0.2) is 24.6 Å². The van der Waals surface area contributed by atoms with Gasteiger partial charge in [0.15, 0.2) is 5.75 Å². The van der Waals surface area contributed by atoms with E-state index in [-0.39, 0.29) is 18.4 Å². The van der Waals surface area contributed by atoms with Crippen LogP contribution in [0.25, 0.3) is 0 Å². The summed E-state index contributed by atoms with van der Waals surface area (Å²) in [6.07, 6.45) is 1.97. The van der Waals surface area contributed by atoms with Crippen LogP contribution in [0.15, 0.2) is 18.2 Å². The number of rotatable bonds is 7. The van der Waals surface area contributed by atoms with Gasteiger partial charge in [-0.3, -0.25) is 4.79 Å². The highest BCUT2D eigenvalue weighted by Crippen LogP contribution is 2.39. The number of amides is 1. The van der Waals surface area contributed by atoms with Crippen LogP contribution in [0, 0.1) is 17.2 Å². The molecule has 1 saturated carbocycles. The number of carbonyl (C=O) groups excluding carboxylic acids is 1. The van der Waals surface area contributed by atoms with Gasteiger partial charge < -0.3 is 15.4 Å². The first-order valence-electron chi connectivity index (χ1n) is 7.37. The first kappa shape index (κ1) is 16.4. The van der Waals surface area contributed by atoms with Gasteiger partial charge in [0.2, 0.25) is 5.91 Å². The second kappa shape index (κ2) is 6.89. The summed E-state index contributed by atoms with van der Waals surface area (Å²) < 4.78 is 5.49. The Kier molecular flexibility index (Phi) is 5.15. The maximum atomic E-state index is 12.1. The molecule has 0 aliphatic heterocycles. The van der Waals surface area contributed by atoms with Crippen LogP contribution in [0.4, 0.5) is 5.69 Å². The fraction of sp³-hybridized carbons (Fsp3) is 0.500. The Morgan fingerprint density at radius 2 is 2.27 bits per heavy atom. The number of benzene rings is 1. The number of halogens is 1. The van der Waals surface area contributed by atoms with E-state index in [2.05, 4.69) is 16.7 Å². The van der Waals surface area contributed by atoms with Crippen molar-refractivity contribution in [3.63, 3.8) is 0 Å². The van der Waals surface area contributed by atoms with Gasteiger partial charge in [-0.15, -0.1) is 0 Å². The lowest BCUT2D eigenvalue weighted by Crippen LogP contribution is -2.48. The van der Waals surface area contributed by atoms with E-state index < -0.39 is 5.54 Å². The van der Waals surface area contributed by atoms with Crippen LogP contribution in [-0.2, 0) is 4.79 Å². The van der Waals surface area contributed by atoms with Gasteiger partial charge in [-0.1, -0.05) is 17.7 Å². The molecule has 0 aromatic heterocycles. The summed E-state index contributed by atoms with van der Waals surface area (Å²) in [7, 11) is 0. The molecular formula is C16H20ClN3O2. The summed E-state index contributed by atoms with van der Waals surface area (Å²) in [6.45, 7) is 4.19. The summed E-state index contributed by atoms with van der Waals surface area (Å²) >= 11 is 6.09. The first-order chi connectivity index (χ1) is 10.5. The first-order valence-corrected chi connectivity index (χ1v) is 7.75. The maximum Gasteiger partial charge on any atom is 0.240 e. The normalized spacial score (nSPS) is 16.3. The minimum absolute atomic E-state index is 0.0599. The van der Waals surface area contributed by atoms with Crippen molar-refractivity contribution in [3.05, 3.63) is 23.2 Å². The quantitative estimate of drug-likeness (QED) is 0.809. The number of nitrogens with one attached hydrogen (secondary N) is 2. The molecule has 118 valence electrons. The Hall–Kier alpha value is -1.93. The van der Waals surface area contributed by atoms with Gasteiger partial charge in [0.1, 0.15) is 5.54 Å². The lowest BCUT2D eigenvalue weighted by atomic mass is 9.98. The third-order valence-corrected chi connectivity index (χ3v) is 4.02. The molecule has 1 aromatic rings. The topological polar surface area (TPSA) is 74.2 Å². The van der Waals surface area contributed by atoms with E-state index in [1.54, 1.807) is 25.1 Å². The number of ether oxygens (including phenoxy) is 1. The number of nitriles is 1. The Labute approximate surface area is 135 Å². The molecule has 1 amide bonds. The molecule has 0 radical (unpaired) electrons. The van der Waals surface area contributed by atoms with Gasteiger partial charge >= 0.3 is 0 Å². The lowest BCUT2D eigenvalue weighted by molar-refractivity contribution is -0.120. The predicted octanol–water partition coefficient (Wildman–Crippen LogP) is 2.96. The van der Waals surface area contributed by atoms with Gasteiger partial charge in [-0.25, -0.2) is 0 Å². The smallest absolute Gasteiger partial charge is 0.240 e. The van der Waals surface area contributed by atoms with Crippen LogP contribution in [0.5, 0.6) is 5.75 Å². The molecule has 22 heavy (non-hydrogen) atoms. The highest BCUT2D eigenvalue weighted by molar-refractivity contribution is 6.32. The number of anilines is 1. The lowest BCUT2D eigenvalue weighted by Gasteiger charge is -2.23. The van der Waals surface area contributed by atoms with E-state index in [0.29, 0.717) is 23.1 Å². The van der Waals surface area contributed by atoms with E-state index in [0.717, 1.165) is 12.8 Å². The Bertz CT molecular complexity index is 596. The molecule has 0 heterocycles.